The molecule has 0 rings (SSSR count). The maximum absolute atomic E-state index is 10.5. The Morgan fingerprint density at radius 3 is 1.34 bits per heavy atom. The van der Waals surface area contributed by atoms with E-state index >= 15 is 0 Å². The van der Waals surface area contributed by atoms with Gasteiger partial charge in [0.25, 0.3) is 0 Å². The second-order valence-electron chi connectivity index (χ2n) is 14.0. The van der Waals surface area contributed by atoms with E-state index < -0.39 is 8.15 Å². The molecule has 0 aliphatic carbocycles. The summed E-state index contributed by atoms with van der Waals surface area (Å²) in [5.41, 5.74) is 0. The minimum atomic E-state index is -0.995. The molecule has 0 spiro atoms. The molecule has 2 unspecified atom stereocenters. The van der Waals surface area contributed by atoms with Crippen molar-refractivity contribution >= 4 is 8.15 Å². The lowest BCUT2D eigenvalue weighted by Gasteiger charge is -2.21. The van der Waals surface area contributed by atoms with E-state index in [9.17, 15) is 4.89 Å². The van der Waals surface area contributed by atoms with Gasteiger partial charge < -0.3 is 19.7 Å². The first-order chi connectivity index (χ1) is 23.2. The largest absolute Gasteiger partial charge is 0.379 e. The highest BCUT2D eigenvalue weighted by Gasteiger charge is 2.15. The summed E-state index contributed by atoms with van der Waals surface area (Å²) in [7, 11) is 0.953. The third-order valence-corrected chi connectivity index (χ3v) is 10.7. The molecular weight excluding hydrogens is 597 g/mol. The van der Waals surface area contributed by atoms with E-state index in [2.05, 4.69) is 43.5 Å². The molecule has 0 aromatic carbocycles. The molecule has 2 N–H and O–H groups in total. The lowest BCUT2D eigenvalue weighted by atomic mass is 10.1. The van der Waals surface area contributed by atoms with Crippen LogP contribution >= 0.6 is 8.15 Å². The maximum Gasteiger partial charge on any atom is 0.0868 e. The van der Waals surface area contributed by atoms with E-state index in [1.165, 1.54) is 167 Å². The summed E-state index contributed by atoms with van der Waals surface area (Å²) in [6.07, 6.45) is 48.3. The summed E-state index contributed by atoms with van der Waals surface area (Å²) >= 11 is 0. The fraction of sp³-hybridized carbons (Fsp3) is 0.905. The van der Waals surface area contributed by atoms with Crippen molar-refractivity contribution in [1.82, 2.24) is 5.32 Å². The summed E-state index contributed by atoms with van der Waals surface area (Å²) in [6.45, 7) is 7.66. The van der Waals surface area contributed by atoms with Crippen molar-refractivity contribution in [3.05, 3.63) is 24.3 Å². The van der Waals surface area contributed by atoms with Gasteiger partial charge in [0.1, 0.15) is 0 Å². The number of hydrogen-bond acceptors (Lipinski definition) is 4. The van der Waals surface area contributed by atoms with E-state index in [4.69, 9.17) is 9.47 Å². The van der Waals surface area contributed by atoms with Crippen LogP contribution in [-0.2, 0) is 9.47 Å². The molecule has 0 heterocycles. The predicted molar refractivity (Wildman–Crippen MR) is 212 cm³/mol. The molecule has 0 fully saturated rings. The second kappa shape index (κ2) is 41.9. The van der Waals surface area contributed by atoms with Crippen LogP contribution in [0, 0.1) is 0 Å². The van der Waals surface area contributed by atoms with Crippen molar-refractivity contribution < 1.29 is 14.4 Å². The number of rotatable bonds is 40. The van der Waals surface area contributed by atoms with Gasteiger partial charge in [-0.05, 0) is 71.3 Å². The average Bonchev–Trinajstić information content (AvgIpc) is 3.08. The molecule has 0 saturated carbocycles. The molecule has 0 aliphatic rings. The number of nitrogens with one attached hydrogen (secondary N) is 1. The zero-order valence-corrected chi connectivity index (χ0v) is 33.0. The highest BCUT2D eigenvalue weighted by Crippen LogP contribution is 2.30. The Hall–Kier alpha value is -0.250. The summed E-state index contributed by atoms with van der Waals surface area (Å²) in [6, 6.07) is 0. The zero-order chi connectivity index (χ0) is 34.1. The second-order valence-corrected chi connectivity index (χ2v) is 15.8. The molecule has 47 heavy (non-hydrogen) atoms. The first-order valence-electron chi connectivity index (χ1n) is 20.8. The van der Waals surface area contributed by atoms with Crippen molar-refractivity contribution in [3.8, 4) is 0 Å². The van der Waals surface area contributed by atoms with Gasteiger partial charge in [-0.2, -0.15) is 0 Å². The fourth-order valence-corrected chi connectivity index (χ4v) is 7.33. The summed E-state index contributed by atoms with van der Waals surface area (Å²) in [5.74, 6) is 0. The highest BCUT2D eigenvalue weighted by atomic mass is 31.1. The van der Waals surface area contributed by atoms with Crippen molar-refractivity contribution in [2.75, 3.05) is 45.7 Å². The molecule has 280 valence electrons. The predicted octanol–water partition coefficient (Wildman–Crippen LogP) is 13.1. The van der Waals surface area contributed by atoms with Crippen molar-refractivity contribution in [3.63, 3.8) is 0 Å². The topological polar surface area (TPSA) is 50.7 Å². The van der Waals surface area contributed by atoms with E-state index in [1.54, 1.807) is 0 Å². The van der Waals surface area contributed by atoms with Crippen molar-refractivity contribution in [2.45, 2.75) is 200 Å². The molecule has 0 aromatic heterocycles. The Morgan fingerprint density at radius 2 is 0.915 bits per heavy atom. The van der Waals surface area contributed by atoms with Gasteiger partial charge >= 0.3 is 0 Å². The van der Waals surface area contributed by atoms with Crippen molar-refractivity contribution in [1.29, 1.82) is 0 Å². The monoisotopic (exact) mass is 682 g/mol. The third kappa shape index (κ3) is 40.1. The van der Waals surface area contributed by atoms with Gasteiger partial charge in [-0.25, -0.2) is 0 Å². The van der Waals surface area contributed by atoms with Gasteiger partial charge in [-0.3, -0.25) is 0 Å². The Labute approximate surface area is 296 Å². The minimum absolute atomic E-state index is 0.0280. The number of ether oxygens (including phenoxy) is 2. The Kier molecular flexibility index (Phi) is 41.7. The van der Waals surface area contributed by atoms with Crippen LogP contribution in [0.3, 0.4) is 0 Å². The van der Waals surface area contributed by atoms with Gasteiger partial charge in [0, 0.05) is 40.2 Å². The quantitative estimate of drug-likeness (QED) is 0.0384. The minimum Gasteiger partial charge on any atom is -0.379 e. The molecule has 0 aliphatic heterocycles. The van der Waals surface area contributed by atoms with E-state index in [-0.39, 0.29) is 6.10 Å². The molecule has 0 amide bonds. The summed E-state index contributed by atoms with van der Waals surface area (Å²) in [4.78, 5) is 10.5. The molecular formula is C42H84NO3P. The smallest absolute Gasteiger partial charge is 0.0868 e. The van der Waals surface area contributed by atoms with Gasteiger partial charge in [0.05, 0.1) is 12.7 Å². The Bertz CT molecular complexity index is 629. The first kappa shape index (κ1) is 46.8. The average molecular weight is 682 g/mol. The maximum atomic E-state index is 10.5. The Morgan fingerprint density at radius 1 is 0.532 bits per heavy atom. The highest BCUT2D eigenvalue weighted by molar-refractivity contribution is 7.51. The van der Waals surface area contributed by atoms with Crippen LogP contribution in [0.25, 0.3) is 0 Å². The van der Waals surface area contributed by atoms with E-state index in [0.29, 0.717) is 6.61 Å². The SMILES string of the molecule is CCCCCCCC/C=C\CCCCCCCCOCC(CP(O)CCNC)OCCCCCCCC/C=C\CCCCCCCC. The van der Waals surface area contributed by atoms with Gasteiger partial charge in [0.2, 0.25) is 0 Å². The van der Waals surface area contributed by atoms with Crippen LogP contribution in [0.5, 0.6) is 0 Å². The van der Waals surface area contributed by atoms with Crippen LogP contribution in [0.1, 0.15) is 194 Å². The van der Waals surface area contributed by atoms with Crippen LogP contribution in [0.15, 0.2) is 24.3 Å². The normalized spacial score (nSPS) is 13.4. The molecule has 0 radical (unpaired) electrons. The van der Waals surface area contributed by atoms with Crippen LogP contribution in [0.4, 0.5) is 0 Å². The van der Waals surface area contributed by atoms with E-state index in [1.807, 2.05) is 7.05 Å². The van der Waals surface area contributed by atoms with Crippen LogP contribution in [0.2, 0.25) is 0 Å². The van der Waals surface area contributed by atoms with E-state index in [0.717, 1.165) is 44.9 Å². The lowest BCUT2D eigenvalue weighted by molar-refractivity contribution is -0.00728. The van der Waals surface area contributed by atoms with Gasteiger partial charge in [0.15, 0.2) is 0 Å². The fourth-order valence-electron chi connectivity index (χ4n) is 5.99. The summed E-state index contributed by atoms with van der Waals surface area (Å²) in [5, 5.41) is 3.16. The molecule has 2 atom stereocenters. The van der Waals surface area contributed by atoms with Crippen LogP contribution < -0.4 is 5.32 Å². The molecule has 4 nitrogen and oxygen atoms in total. The number of unbranched alkanes of at least 4 members (excludes halogenated alkanes) is 24. The standard InChI is InChI=1S/C42H84NO3P/c1-4-6-8-10-12-14-16-18-20-22-24-26-28-30-32-34-37-45-40-42(41-47(44)39-36-43-3)46-38-35-33-31-29-27-25-23-21-19-17-15-13-11-9-7-5-2/h18-21,42-44H,4-17,22-41H2,1-3H3/b20-18-,21-19-. The van der Waals surface area contributed by atoms with Crippen molar-refractivity contribution in [2.24, 2.45) is 0 Å². The number of hydrogen-bond donors (Lipinski definition) is 2. The zero-order valence-electron chi connectivity index (χ0n) is 32.1. The first-order valence-corrected chi connectivity index (χ1v) is 22.5. The number of allylic oxidation sites excluding steroid dienone is 4. The molecule has 5 heteroatoms. The Balaban J connectivity index is 3.77. The molecule has 0 bridgehead atoms. The lowest BCUT2D eigenvalue weighted by Crippen LogP contribution is -2.25. The van der Waals surface area contributed by atoms with Crippen LogP contribution in [-0.4, -0.2) is 56.7 Å². The van der Waals surface area contributed by atoms with Gasteiger partial charge in [-0.15, -0.1) is 0 Å². The van der Waals surface area contributed by atoms with Gasteiger partial charge in [-0.1, -0.05) is 154 Å². The summed E-state index contributed by atoms with van der Waals surface area (Å²) < 4.78 is 12.3. The molecule has 0 saturated heterocycles. The molecule has 0 aromatic rings. The third-order valence-electron chi connectivity index (χ3n) is 9.15.